The van der Waals surface area contributed by atoms with Crippen LogP contribution in [0.4, 0.5) is 0 Å². The van der Waals surface area contributed by atoms with E-state index in [1.807, 2.05) is 13.8 Å². The summed E-state index contributed by atoms with van der Waals surface area (Å²) in [6.07, 6.45) is 2.06. The van der Waals surface area contributed by atoms with Gasteiger partial charge in [-0.1, -0.05) is 0 Å². The van der Waals surface area contributed by atoms with Gasteiger partial charge in [-0.25, -0.2) is 0 Å². The van der Waals surface area contributed by atoms with Crippen LogP contribution in [0.1, 0.15) is 47.5 Å². The normalized spacial score (nSPS) is 23.6. The Morgan fingerprint density at radius 1 is 1.52 bits per heavy atom. The van der Waals surface area contributed by atoms with E-state index in [1.54, 1.807) is 0 Å². The molecule has 1 heterocycles. The monoisotopic (exact) mass is 300 g/mol. The van der Waals surface area contributed by atoms with Crippen molar-refractivity contribution in [2.24, 2.45) is 0 Å². The topological polar surface area (TPSA) is 50.8 Å². The number of carbonyl (C=O) groups excluding carboxylic acids is 1. The maximum absolute atomic E-state index is 12.3. The van der Waals surface area contributed by atoms with Crippen molar-refractivity contribution in [1.29, 1.82) is 0 Å². The third-order valence-electron chi connectivity index (χ3n) is 3.80. The maximum atomic E-state index is 12.3. The summed E-state index contributed by atoms with van der Waals surface area (Å²) in [5.41, 5.74) is -0.624. The first-order valence-corrected chi connectivity index (χ1v) is 8.16. The molecule has 21 heavy (non-hydrogen) atoms. The molecule has 0 aliphatic carbocycles. The number of rotatable bonds is 7. The summed E-state index contributed by atoms with van der Waals surface area (Å²) in [6, 6.07) is 0.241. The molecule has 124 valence electrons. The smallest absolute Gasteiger partial charge is 0.326 e. The predicted octanol–water partition coefficient (Wildman–Crippen LogP) is 1.81. The number of nitrogens with one attached hydrogen (secondary N) is 1. The van der Waals surface area contributed by atoms with Gasteiger partial charge in [0, 0.05) is 32.3 Å². The molecule has 5 nitrogen and oxygen atoms in total. The zero-order chi connectivity index (χ0) is 15.9. The van der Waals surface area contributed by atoms with Gasteiger partial charge in [0.15, 0.2) is 0 Å². The third kappa shape index (κ3) is 6.32. The Balaban J connectivity index is 2.61. The Hall–Kier alpha value is -0.650. The first-order chi connectivity index (χ1) is 9.87. The zero-order valence-corrected chi connectivity index (χ0v) is 14.3. The highest BCUT2D eigenvalue weighted by atomic mass is 16.5. The second kappa shape index (κ2) is 8.71. The lowest BCUT2D eigenvalue weighted by Crippen LogP contribution is -2.54. The highest BCUT2D eigenvalue weighted by molar-refractivity contribution is 5.80. The zero-order valence-electron chi connectivity index (χ0n) is 14.3. The predicted molar refractivity (Wildman–Crippen MR) is 84.4 cm³/mol. The van der Waals surface area contributed by atoms with Gasteiger partial charge in [-0.05, 0) is 47.5 Å². The molecular weight excluding hydrogens is 268 g/mol. The van der Waals surface area contributed by atoms with Crippen LogP contribution >= 0.6 is 0 Å². The number of hydrogen-bond donors (Lipinski definition) is 1. The first-order valence-electron chi connectivity index (χ1n) is 8.16. The minimum atomic E-state index is -0.624. The Bertz CT molecular complexity index is 323. The molecule has 5 heteroatoms. The number of hydrogen-bond acceptors (Lipinski definition) is 5. The molecule has 1 fully saturated rings. The molecule has 0 aromatic heterocycles. The fourth-order valence-electron chi connectivity index (χ4n) is 2.83. The van der Waals surface area contributed by atoms with Crippen molar-refractivity contribution in [3.63, 3.8) is 0 Å². The van der Waals surface area contributed by atoms with E-state index in [0.29, 0.717) is 6.61 Å². The van der Waals surface area contributed by atoms with Gasteiger partial charge in [0.05, 0.1) is 12.7 Å². The highest BCUT2D eigenvalue weighted by Crippen LogP contribution is 2.16. The summed E-state index contributed by atoms with van der Waals surface area (Å²) in [5, 5.41) is 3.37. The van der Waals surface area contributed by atoms with Gasteiger partial charge < -0.3 is 14.4 Å². The van der Waals surface area contributed by atoms with E-state index >= 15 is 0 Å². The van der Waals surface area contributed by atoms with E-state index in [1.165, 1.54) is 0 Å². The lowest BCUT2D eigenvalue weighted by molar-refractivity contribution is -0.151. The molecular formula is C16H32N2O3. The summed E-state index contributed by atoms with van der Waals surface area (Å²) in [6.45, 7) is 14.1. The quantitative estimate of drug-likeness (QED) is 0.727. The number of carbonyl (C=O) groups is 1. The molecule has 0 saturated carbocycles. The van der Waals surface area contributed by atoms with Crippen LogP contribution < -0.4 is 5.32 Å². The molecule has 1 aliphatic rings. The van der Waals surface area contributed by atoms with Crippen LogP contribution in [0.3, 0.4) is 0 Å². The molecule has 0 radical (unpaired) electrons. The number of nitrogens with zero attached hydrogens (tertiary/aromatic N) is 1. The molecule has 0 aromatic carbocycles. The molecule has 0 bridgehead atoms. The van der Waals surface area contributed by atoms with Crippen molar-refractivity contribution in [2.45, 2.75) is 65.1 Å². The highest BCUT2D eigenvalue weighted by Gasteiger charge is 2.35. The fourth-order valence-corrected chi connectivity index (χ4v) is 2.83. The Labute approximate surface area is 129 Å². The summed E-state index contributed by atoms with van der Waals surface area (Å²) in [7, 11) is 0. The van der Waals surface area contributed by atoms with Gasteiger partial charge in [-0.2, -0.15) is 0 Å². The Morgan fingerprint density at radius 3 is 2.86 bits per heavy atom. The van der Waals surface area contributed by atoms with E-state index in [9.17, 15) is 4.79 Å². The second-order valence-electron chi connectivity index (χ2n) is 6.44. The lowest BCUT2D eigenvalue weighted by Gasteiger charge is -2.33. The van der Waals surface area contributed by atoms with E-state index in [0.717, 1.165) is 39.1 Å². The summed E-state index contributed by atoms with van der Waals surface area (Å²) >= 11 is 0. The van der Waals surface area contributed by atoms with Crippen molar-refractivity contribution in [1.82, 2.24) is 10.2 Å². The SMILES string of the molecule is CCOC(=O)C(C)(CCN1CCCOC(C)C1)NC(C)C. The maximum Gasteiger partial charge on any atom is 0.326 e. The van der Waals surface area contributed by atoms with Gasteiger partial charge in [0.2, 0.25) is 0 Å². The van der Waals surface area contributed by atoms with Crippen LogP contribution in [-0.2, 0) is 14.3 Å². The van der Waals surface area contributed by atoms with Crippen LogP contribution in [0.2, 0.25) is 0 Å². The fraction of sp³-hybridized carbons (Fsp3) is 0.938. The Morgan fingerprint density at radius 2 is 2.24 bits per heavy atom. The molecule has 0 spiro atoms. The van der Waals surface area contributed by atoms with Crippen molar-refractivity contribution >= 4 is 5.97 Å². The van der Waals surface area contributed by atoms with Crippen LogP contribution in [0, 0.1) is 0 Å². The molecule has 0 aromatic rings. The molecule has 1 N–H and O–H groups in total. The van der Waals surface area contributed by atoms with Crippen LogP contribution in [0.25, 0.3) is 0 Å². The Kier molecular flexibility index (Phi) is 7.63. The third-order valence-corrected chi connectivity index (χ3v) is 3.80. The van der Waals surface area contributed by atoms with Gasteiger partial charge >= 0.3 is 5.97 Å². The van der Waals surface area contributed by atoms with Crippen molar-refractivity contribution in [2.75, 3.05) is 32.8 Å². The minimum Gasteiger partial charge on any atom is -0.465 e. The summed E-state index contributed by atoms with van der Waals surface area (Å²) in [4.78, 5) is 14.7. The summed E-state index contributed by atoms with van der Waals surface area (Å²) in [5.74, 6) is -0.155. The van der Waals surface area contributed by atoms with Crippen LogP contribution in [-0.4, -0.2) is 61.4 Å². The number of esters is 1. The lowest BCUT2D eigenvalue weighted by atomic mass is 9.96. The van der Waals surface area contributed by atoms with Gasteiger partial charge in [0.25, 0.3) is 0 Å². The first kappa shape index (κ1) is 18.4. The van der Waals surface area contributed by atoms with Crippen LogP contribution in [0.15, 0.2) is 0 Å². The van der Waals surface area contributed by atoms with E-state index in [-0.39, 0.29) is 18.1 Å². The largest absolute Gasteiger partial charge is 0.465 e. The molecule has 1 saturated heterocycles. The standard InChI is InChI=1S/C16H32N2O3/c1-6-20-15(19)16(5,17-13(2)3)8-10-18-9-7-11-21-14(4)12-18/h13-14,17H,6-12H2,1-5H3. The molecule has 0 amide bonds. The van der Waals surface area contributed by atoms with Gasteiger partial charge in [0.1, 0.15) is 5.54 Å². The van der Waals surface area contributed by atoms with E-state index < -0.39 is 5.54 Å². The van der Waals surface area contributed by atoms with Crippen LogP contribution in [0.5, 0.6) is 0 Å². The summed E-state index contributed by atoms with van der Waals surface area (Å²) < 4.78 is 10.9. The van der Waals surface area contributed by atoms with Gasteiger partial charge in [-0.3, -0.25) is 10.1 Å². The average molecular weight is 300 g/mol. The minimum absolute atomic E-state index is 0.155. The molecule has 2 unspecified atom stereocenters. The number of ether oxygens (including phenoxy) is 2. The molecule has 1 rings (SSSR count). The molecule has 2 atom stereocenters. The van der Waals surface area contributed by atoms with E-state index in [4.69, 9.17) is 9.47 Å². The van der Waals surface area contributed by atoms with E-state index in [2.05, 4.69) is 31.0 Å². The average Bonchev–Trinajstić information content (AvgIpc) is 2.60. The van der Waals surface area contributed by atoms with Crippen molar-refractivity contribution < 1.29 is 14.3 Å². The second-order valence-corrected chi connectivity index (χ2v) is 6.44. The van der Waals surface area contributed by atoms with Crippen molar-refractivity contribution in [3.05, 3.63) is 0 Å². The molecule has 1 aliphatic heterocycles. The van der Waals surface area contributed by atoms with Gasteiger partial charge in [-0.15, -0.1) is 0 Å². The van der Waals surface area contributed by atoms with Crippen molar-refractivity contribution in [3.8, 4) is 0 Å².